The van der Waals surface area contributed by atoms with Crippen molar-refractivity contribution in [3.05, 3.63) is 12.2 Å². The molecule has 2 amide bonds. The van der Waals surface area contributed by atoms with Crippen molar-refractivity contribution < 1.29 is 14.7 Å². The normalized spacial score (nSPS) is 11.1. The molecule has 0 bridgehead atoms. The van der Waals surface area contributed by atoms with Crippen LogP contribution >= 0.6 is 0 Å². The van der Waals surface area contributed by atoms with Crippen LogP contribution in [0.25, 0.3) is 0 Å². The number of aromatic amines is 1. The first-order valence-electron chi connectivity index (χ1n) is 6.02. The number of amides is 2. The Morgan fingerprint density at radius 2 is 2.21 bits per heavy atom. The maximum atomic E-state index is 12.0. The number of likely N-dealkylation sites (N-methyl/N-ethyl adjacent to an activating group) is 1. The van der Waals surface area contributed by atoms with Gasteiger partial charge in [-0.2, -0.15) is 5.10 Å². The van der Waals surface area contributed by atoms with E-state index in [-0.39, 0.29) is 0 Å². The lowest BCUT2D eigenvalue weighted by Crippen LogP contribution is -2.56. The van der Waals surface area contributed by atoms with Gasteiger partial charge in [-0.05, 0) is 20.8 Å². The van der Waals surface area contributed by atoms with Crippen molar-refractivity contribution in [1.82, 2.24) is 25.4 Å². The van der Waals surface area contributed by atoms with Crippen LogP contribution in [0.2, 0.25) is 0 Å². The Bertz CT molecular complexity index is 430. The van der Waals surface area contributed by atoms with Gasteiger partial charge in [-0.3, -0.25) is 5.10 Å². The van der Waals surface area contributed by atoms with E-state index in [1.807, 2.05) is 0 Å². The number of carboxylic acid groups (broad SMARTS) is 1. The molecule has 0 aromatic carbocycles. The number of H-pyrrole nitrogens is 1. The number of nitrogens with one attached hydrogen (secondary N) is 2. The molecule has 0 spiro atoms. The molecule has 8 nitrogen and oxygen atoms in total. The lowest BCUT2D eigenvalue weighted by Gasteiger charge is -2.34. The van der Waals surface area contributed by atoms with Crippen molar-refractivity contribution in [2.75, 3.05) is 13.1 Å². The molecule has 0 aliphatic heterocycles. The Hall–Kier alpha value is -2.12. The fourth-order valence-corrected chi connectivity index (χ4v) is 1.64. The molecule has 1 heterocycles. The van der Waals surface area contributed by atoms with Crippen LogP contribution in [-0.4, -0.2) is 55.8 Å². The van der Waals surface area contributed by atoms with Crippen LogP contribution in [0, 0.1) is 0 Å². The number of hydrogen-bond donors (Lipinski definition) is 3. The van der Waals surface area contributed by atoms with E-state index in [2.05, 4.69) is 20.5 Å². The maximum absolute atomic E-state index is 12.0. The van der Waals surface area contributed by atoms with Crippen LogP contribution in [0.5, 0.6) is 0 Å². The number of urea groups is 1. The Morgan fingerprint density at radius 3 is 2.68 bits per heavy atom. The molecule has 106 valence electrons. The number of rotatable bonds is 6. The molecule has 0 atom stereocenters. The molecule has 1 aromatic heterocycles. The minimum Gasteiger partial charge on any atom is -0.480 e. The zero-order chi connectivity index (χ0) is 14.5. The lowest BCUT2D eigenvalue weighted by atomic mass is 10.0. The van der Waals surface area contributed by atoms with Crippen molar-refractivity contribution in [2.24, 2.45) is 0 Å². The molecule has 0 unspecified atom stereocenters. The summed E-state index contributed by atoms with van der Waals surface area (Å²) in [5.74, 6) is -0.374. The number of aromatic nitrogens is 3. The Labute approximate surface area is 111 Å². The second kappa shape index (κ2) is 6.17. The third kappa shape index (κ3) is 3.67. The van der Waals surface area contributed by atoms with Gasteiger partial charge in [-0.25, -0.2) is 14.6 Å². The molecule has 8 heteroatoms. The second-order valence-corrected chi connectivity index (χ2v) is 4.52. The summed E-state index contributed by atoms with van der Waals surface area (Å²) in [6.45, 7) is 5.40. The summed E-state index contributed by atoms with van der Waals surface area (Å²) in [7, 11) is 0. The Morgan fingerprint density at radius 1 is 1.53 bits per heavy atom. The van der Waals surface area contributed by atoms with Crippen molar-refractivity contribution in [3.63, 3.8) is 0 Å². The van der Waals surface area contributed by atoms with E-state index in [1.54, 1.807) is 6.92 Å². The summed E-state index contributed by atoms with van der Waals surface area (Å²) < 4.78 is 0. The van der Waals surface area contributed by atoms with Gasteiger partial charge in [-0.1, -0.05) is 0 Å². The van der Waals surface area contributed by atoms with Crippen LogP contribution in [-0.2, 0) is 11.2 Å². The highest BCUT2D eigenvalue weighted by Crippen LogP contribution is 2.14. The van der Waals surface area contributed by atoms with Crippen LogP contribution in [0.4, 0.5) is 4.79 Å². The first-order valence-corrected chi connectivity index (χ1v) is 6.02. The minimum atomic E-state index is -1.24. The SMILES string of the molecule is CCN(C(=O)NCCc1ncn[nH]1)C(C)(C)C(=O)O. The molecule has 0 aliphatic carbocycles. The molecular weight excluding hydrogens is 250 g/mol. The summed E-state index contributed by atoms with van der Waals surface area (Å²) in [4.78, 5) is 28.3. The molecule has 0 fully saturated rings. The van der Waals surface area contributed by atoms with Gasteiger partial charge in [0.2, 0.25) is 0 Å². The number of nitrogens with zero attached hydrogens (tertiary/aromatic N) is 3. The summed E-state index contributed by atoms with van der Waals surface area (Å²) in [5.41, 5.74) is -1.24. The third-order valence-corrected chi connectivity index (χ3v) is 2.86. The van der Waals surface area contributed by atoms with Crippen molar-refractivity contribution in [1.29, 1.82) is 0 Å². The van der Waals surface area contributed by atoms with E-state index in [4.69, 9.17) is 5.11 Å². The summed E-state index contributed by atoms with van der Waals surface area (Å²) in [6, 6.07) is -0.408. The zero-order valence-electron chi connectivity index (χ0n) is 11.3. The molecule has 19 heavy (non-hydrogen) atoms. The number of carboxylic acids is 1. The molecule has 0 radical (unpaired) electrons. The third-order valence-electron chi connectivity index (χ3n) is 2.86. The largest absolute Gasteiger partial charge is 0.480 e. The molecule has 3 N–H and O–H groups in total. The summed E-state index contributed by atoms with van der Waals surface area (Å²) in [6.07, 6.45) is 1.90. The van der Waals surface area contributed by atoms with Gasteiger partial charge in [0, 0.05) is 19.5 Å². The quantitative estimate of drug-likeness (QED) is 0.685. The average Bonchev–Trinajstić information content (AvgIpc) is 2.82. The Balaban J connectivity index is 2.52. The van der Waals surface area contributed by atoms with Gasteiger partial charge < -0.3 is 15.3 Å². The average molecular weight is 269 g/mol. The van der Waals surface area contributed by atoms with E-state index in [0.29, 0.717) is 25.3 Å². The number of carbonyl (C=O) groups is 2. The van der Waals surface area contributed by atoms with Gasteiger partial charge >= 0.3 is 12.0 Å². The van der Waals surface area contributed by atoms with E-state index in [0.717, 1.165) is 0 Å². The molecular formula is C11H19N5O3. The van der Waals surface area contributed by atoms with Crippen molar-refractivity contribution in [3.8, 4) is 0 Å². The van der Waals surface area contributed by atoms with Gasteiger partial charge in [0.25, 0.3) is 0 Å². The smallest absolute Gasteiger partial charge is 0.329 e. The molecule has 1 aromatic rings. The van der Waals surface area contributed by atoms with E-state index in [9.17, 15) is 9.59 Å². The monoisotopic (exact) mass is 269 g/mol. The van der Waals surface area contributed by atoms with Gasteiger partial charge in [0.05, 0.1) is 0 Å². The molecule has 0 aliphatic rings. The molecule has 1 rings (SSSR count). The standard InChI is InChI=1S/C11H19N5O3/c1-4-16(11(2,3)9(17)18)10(19)12-6-5-8-13-7-14-15-8/h7H,4-6H2,1-3H3,(H,12,19)(H,17,18)(H,13,14,15). The minimum absolute atomic E-state index is 0.313. The molecule has 0 saturated heterocycles. The fourth-order valence-electron chi connectivity index (χ4n) is 1.64. The zero-order valence-corrected chi connectivity index (χ0v) is 11.3. The van der Waals surface area contributed by atoms with Gasteiger partial charge in [0.1, 0.15) is 17.7 Å². The predicted octanol–water partition coefficient (Wildman–Crippen LogP) is 0.242. The number of hydrogen-bond acceptors (Lipinski definition) is 4. The van der Waals surface area contributed by atoms with Crippen LogP contribution in [0.3, 0.4) is 0 Å². The van der Waals surface area contributed by atoms with Crippen LogP contribution < -0.4 is 5.32 Å². The second-order valence-electron chi connectivity index (χ2n) is 4.52. The molecule has 0 saturated carbocycles. The van der Waals surface area contributed by atoms with E-state index < -0.39 is 17.5 Å². The van der Waals surface area contributed by atoms with Crippen LogP contribution in [0.1, 0.15) is 26.6 Å². The van der Waals surface area contributed by atoms with Gasteiger partial charge in [0.15, 0.2) is 0 Å². The predicted molar refractivity (Wildman–Crippen MR) is 67.6 cm³/mol. The first-order chi connectivity index (χ1) is 8.89. The topological polar surface area (TPSA) is 111 Å². The first kappa shape index (κ1) is 14.9. The van der Waals surface area contributed by atoms with E-state index >= 15 is 0 Å². The highest BCUT2D eigenvalue weighted by molar-refractivity contribution is 5.85. The maximum Gasteiger partial charge on any atom is 0.329 e. The summed E-state index contributed by atoms with van der Waals surface area (Å²) >= 11 is 0. The summed E-state index contributed by atoms with van der Waals surface area (Å²) in [5, 5.41) is 18.2. The van der Waals surface area contributed by atoms with Crippen LogP contribution in [0.15, 0.2) is 6.33 Å². The fraction of sp³-hybridized carbons (Fsp3) is 0.636. The van der Waals surface area contributed by atoms with Crippen molar-refractivity contribution >= 4 is 12.0 Å². The highest BCUT2D eigenvalue weighted by atomic mass is 16.4. The lowest BCUT2D eigenvalue weighted by molar-refractivity contribution is -0.147. The number of aliphatic carboxylic acids is 1. The van der Waals surface area contributed by atoms with Crippen molar-refractivity contribution in [2.45, 2.75) is 32.7 Å². The Kier molecular flexibility index (Phi) is 4.85. The number of carbonyl (C=O) groups excluding carboxylic acids is 1. The highest BCUT2D eigenvalue weighted by Gasteiger charge is 2.36. The van der Waals surface area contributed by atoms with E-state index in [1.165, 1.54) is 25.1 Å². The van der Waals surface area contributed by atoms with Gasteiger partial charge in [-0.15, -0.1) is 0 Å².